The van der Waals surface area contributed by atoms with E-state index in [0.717, 1.165) is 22.3 Å². The van der Waals surface area contributed by atoms with E-state index in [1.807, 2.05) is 23.7 Å². The van der Waals surface area contributed by atoms with Crippen LogP contribution in [0.1, 0.15) is 13.8 Å². The fourth-order valence-electron chi connectivity index (χ4n) is 2.21. The first-order valence-corrected chi connectivity index (χ1v) is 7.88. The van der Waals surface area contributed by atoms with Crippen molar-refractivity contribution in [3.05, 3.63) is 29.9 Å². The van der Waals surface area contributed by atoms with Crippen LogP contribution in [0, 0.1) is 0 Å². The number of nitrogens with zero attached hydrogens (tertiary/aromatic N) is 2. The van der Waals surface area contributed by atoms with Gasteiger partial charge in [0, 0.05) is 35.6 Å². The number of amides is 2. The average Bonchev–Trinajstić information content (AvgIpc) is 3.12. The largest absolute Gasteiger partial charge is 0.345 e. The molecule has 3 heterocycles. The summed E-state index contributed by atoms with van der Waals surface area (Å²) in [6.45, 7) is 2.99. The van der Waals surface area contributed by atoms with Crippen LogP contribution in [0.2, 0.25) is 0 Å². The number of anilines is 1. The summed E-state index contributed by atoms with van der Waals surface area (Å²) < 4.78 is 0. The Kier molecular flexibility index (Phi) is 4.07. The van der Waals surface area contributed by atoms with E-state index < -0.39 is 6.04 Å². The van der Waals surface area contributed by atoms with Gasteiger partial charge >= 0.3 is 0 Å². The Morgan fingerprint density at radius 3 is 3.00 bits per heavy atom. The lowest BCUT2D eigenvalue weighted by Gasteiger charge is -2.10. The molecule has 3 aromatic rings. The van der Waals surface area contributed by atoms with Gasteiger partial charge in [0.25, 0.3) is 0 Å². The molecule has 8 heteroatoms. The maximum atomic E-state index is 12.0. The predicted molar refractivity (Wildman–Crippen MR) is 89.1 cm³/mol. The lowest BCUT2D eigenvalue weighted by Crippen LogP contribution is -2.40. The van der Waals surface area contributed by atoms with Crippen LogP contribution in [-0.2, 0) is 9.59 Å². The number of hydrogen-bond donors (Lipinski definition) is 3. The fourth-order valence-corrected chi connectivity index (χ4v) is 2.92. The molecule has 3 aromatic heterocycles. The molecule has 7 nitrogen and oxygen atoms in total. The van der Waals surface area contributed by atoms with Gasteiger partial charge in [0.2, 0.25) is 11.8 Å². The smallest absolute Gasteiger partial charge is 0.248 e. The Morgan fingerprint density at radius 2 is 2.22 bits per heavy atom. The molecule has 118 valence electrons. The van der Waals surface area contributed by atoms with E-state index in [2.05, 4.69) is 25.6 Å². The van der Waals surface area contributed by atoms with Gasteiger partial charge in [-0.15, -0.1) is 11.3 Å². The van der Waals surface area contributed by atoms with Crippen LogP contribution >= 0.6 is 11.3 Å². The molecule has 0 unspecified atom stereocenters. The third kappa shape index (κ3) is 3.21. The molecule has 3 rings (SSSR count). The van der Waals surface area contributed by atoms with Crippen LogP contribution in [0.4, 0.5) is 5.13 Å². The first kappa shape index (κ1) is 15.2. The van der Waals surface area contributed by atoms with Gasteiger partial charge < -0.3 is 15.6 Å². The molecule has 0 aromatic carbocycles. The highest BCUT2D eigenvalue weighted by Crippen LogP contribution is 2.30. The van der Waals surface area contributed by atoms with Gasteiger partial charge in [0.15, 0.2) is 5.13 Å². The summed E-state index contributed by atoms with van der Waals surface area (Å²) in [5.41, 5.74) is 2.48. The van der Waals surface area contributed by atoms with E-state index in [1.165, 1.54) is 18.3 Å². The molecule has 0 bridgehead atoms. The molecule has 0 aliphatic heterocycles. The number of hydrogen-bond acceptors (Lipinski definition) is 5. The lowest BCUT2D eigenvalue weighted by molar-refractivity contribution is -0.124. The summed E-state index contributed by atoms with van der Waals surface area (Å²) in [6, 6.07) is 3.21. The van der Waals surface area contributed by atoms with E-state index in [4.69, 9.17) is 0 Å². The molecule has 2 amide bonds. The zero-order valence-corrected chi connectivity index (χ0v) is 13.4. The van der Waals surface area contributed by atoms with Crippen molar-refractivity contribution < 1.29 is 9.59 Å². The lowest BCUT2D eigenvalue weighted by atomic mass is 10.2. The molecular formula is C15H15N5O2S. The van der Waals surface area contributed by atoms with Crippen molar-refractivity contribution in [2.75, 3.05) is 5.32 Å². The van der Waals surface area contributed by atoms with E-state index in [9.17, 15) is 9.59 Å². The molecule has 0 aliphatic carbocycles. The summed E-state index contributed by atoms with van der Waals surface area (Å²) in [6.07, 6.45) is 3.57. The SMILES string of the molecule is CC(=O)N[C@H](C)C(=O)Nc1nc(-c2c[nH]c3ncccc23)cs1. The molecular weight excluding hydrogens is 314 g/mol. The van der Waals surface area contributed by atoms with Crippen LogP contribution in [-0.4, -0.2) is 32.8 Å². The normalized spacial score (nSPS) is 12.1. The highest BCUT2D eigenvalue weighted by atomic mass is 32.1. The van der Waals surface area contributed by atoms with Crippen molar-refractivity contribution in [2.45, 2.75) is 19.9 Å². The second-order valence-corrected chi connectivity index (χ2v) is 5.91. The standard InChI is InChI=1S/C15H15N5O2S/c1-8(18-9(2)21)14(22)20-15-19-12(7-23-15)11-6-17-13-10(11)4-3-5-16-13/h3-8H,1-2H3,(H,16,17)(H,18,21)(H,19,20,22)/t8-/m1/s1. The Labute approximate surface area is 136 Å². The van der Waals surface area contributed by atoms with Crippen LogP contribution < -0.4 is 10.6 Å². The fraction of sp³-hybridized carbons (Fsp3) is 0.200. The minimum Gasteiger partial charge on any atom is -0.345 e. The first-order chi connectivity index (χ1) is 11.0. The van der Waals surface area contributed by atoms with Crippen LogP contribution in [0.15, 0.2) is 29.9 Å². The van der Waals surface area contributed by atoms with Crippen molar-refractivity contribution in [3.63, 3.8) is 0 Å². The third-order valence-corrected chi connectivity index (χ3v) is 4.03. The van der Waals surface area contributed by atoms with Crippen molar-refractivity contribution in [2.24, 2.45) is 0 Å². The summed E-state index contributed by atoms with van der Waals surface area (Å²) in [7, 11) is 0. The zero-order valence-electron chi connectivity index (χ0n) is 12.6. The Morgan fingerprint density at radius 1 is 1.39 bits per heavy atom. The predicted octanol–water partition coefficient (Wildman–Crippen LogP) is 2.15. The summed E-state index contributed by atoms with van der Waals surface area (Å²) in [5, 5.41) is 8.57. The zero-order chi connectivity index (χ0) is 16.4. The topological polar surface area (TPSA) is 99.8 Å². The van der Waals surface area contributed by atoms with Crippen LogP contribution in [0.3, 0.4) is 0 Å². The second kappa shape index (κ2) is 6.17. The summed E-state index contributed by atoms with van der Waals surface area (Å²) >= 11 is 1.33. The number of carbonyl (C=O) groups is 2. The summed E-state index contributed by atoms with van der Waals surface area (Å²) in [4.78, 5) is 34.7. The average molecular weight is 329 g/mol. The van der Waals surface area contributed by atoms with Gasteiger partial charge in [-0.25, -0.2) is 9.97 Å². The molecule has 0 radical (unpaired) electrons. The number of pyridine rings is 1. The van der Waals surface area contributed by atoms with Gasteiger partial charge in [0.05, 0.1) is 5.69 Å². The first-order valence-electron chi connectivity index (χ1n) is 7.00. The molecule has 3 N–H and O–H groups in total. The minimum absolute atomic E-state index is 0.251. The monoisotopic (exact) mass is 329 g/mol. The number of rotatable bonds is 4. The third-order valence-electron chi connectivity index (χ3n) is 3.27. The van der Waals surface area contributed by atoms with Gasteiger partial charge in [-0.3, -0.25) is 9.59 Å². The van der Waals surface area contributed by atoms with E-state index in [1.54, 1.807) is 13.1 Å². The number of aromatic nitrogens is 3. The maximum absolute atomic E-state index is 12.0. The maximum Gasteiger partial charge on any atom is 0.248 e. The summed E-state index contributed by atoms with van der Waals surface area (Å²) in [5.74, 6) is -0.555. The van der Waals surface area contributed by atoms with Gasteiger partial charge in [0.1, 0.15) is 11.7 Å². The number of nitrogens with one attached hydrogen (secondary N) is 3. The van der Waals surface area contributed by atoms with Crippen molar-refractivity contribution in [1.82, 2.24) is 20.3 Å². The van der Waals surface area contributed by atoms with Crippen molar-refractivity contribution >= 4 is 39.3 Å². The quantitative estimate of drug-likeness (QED) is 0.683. The van der Waals surface area contributed by atoms with Crippen molar-refractivity contribution in [3.8, 4) is 11.3 Å². The van der Waals surface area contributed by atoms with Crippen LogP contribution in [0.25, 0.3) is 22.3 Å². The second-order valence-electron chi connectivity index (χ2n) is 5.05. The molecule has 0 aliphatic rings. The Bertz CT molecular complexity index is 870. The molecule has 0 fully saturated rings. The number of H-pyrrole nitrogens is 1. The number of aromatic amines is 1. The molecule has 0 saturated heterocycles. The Balaban J connectivity index is 1.78. The number of fused-ring (bicyclic) bond motifs is 1. The van der Waals surface area contributed by atoms with Gasteiger partial charge in [-0.1, -0.05) is 0 Å². The number of thiazole rings is 1. The van der Waals surface area contributed by atoms with Crippen molar-refractivity contribution in [1.29, 1.82) is 0 Å². The van der Waals surface area contributed by atoms with Gasteiger partial charge in [-0.2, -0.15) is 0 Å². The Hall–Kier alpha value is -2.74. The van der Waals surface area contributed by atoms with E-state index in [-0.39, 0.29) is 11.8 Å². The van der Waals surface area contributed by atoms with E-state index >= 15 is 0 Å². The molecule has 23 heavy (non-hydrogen) atoms. The molecule has 0 spiro atoms. The molecule has 1 atom stereocenters. The van der Waals surface area contributed by atoms with E-state index in [0.29, 0.717) is 5.13 Å². The van der Waals surface area contributed by atoms with Gasteiger partial charge in [-0.05, 0) is 19.1 Å². The highest BCUT2D eigenvalue weighted by Gasteiger charge is 2.16. The number of carbonyl (C=O) groups excluding carboxylic acids is 2. The minimum atomic E-state index is -0.614. The van der Waals surface area contributed by atoms with Crippen LogP contribution in [0.5, 0.6) is 0 Å². The highest BCUT2D eigenvalue weighted by molar-refractivity contribution is 7.14. The molecule has 0 saturated carbocycles.